The molecule has 26 heteroatoms. The van der Waals surface area contributed by atoms with Crippen LogP contribution in [0.4, 0.5) is 26.3 Å². The minimum atomic E-state index is -5.49. The predicted octanol–water partition coefficient (Wildman–Crippen LogP) is 7.42. The number of rotatable bonds is 5. The summed E-state index contributed by atoms with van der Waals surface area (Å²) in [6.07, 6.45) is -13.0. The van der Waals surface area contributed by atoms with Gasteiger partial charge in [0.25, 0.3) is 20.2 Å². The van der Waals surface area contributed by atoms with Crippen molar-refractivity contribution in [1.82, 2.24) is 0 Å². The molecule has 2 atom stereocenters. The molecule has 2 amide bonds. The average Bonchev–Trinajstić information content (AvgIpc) is 3.16. The average molecular weight is 987 g/mol. The molecule has 6 N–H and O–H groups in total. The fourth-order valence-corrected chi connectivity index (χ4v) is 11.8. The Hall–Kier alpha value is -4.94. The summed E-state index contributed by atoms with van der Waals surface area (Å²) in [5.74, 6) is 5.82. The highest BCUT2D eigenvalue weighted by molar-refractivity contribution is 7.87. The highest BCUT2D eigenvalue weighted by Gasteiger charge is 2.57. The van der Waals surface area contributed by atoms with E-state index in [1.807, 2.05) is 0 Å². The van der Waals surface area contributed by atoms with E-state index in [-0.39, 0.29) is 11.1 Å². The third kappa shape index (κ3) is 7.65. The molecule has 0 heterocycles. The molecule has 0 saturated carbocycles. The molecule has 2 aliphatic carbocycles. The molecule has 4 aromatic carbocycles. The summed E-state index contributed by atoms with van der Waals surface area (Å²) in [4.78, 5) is 30.1. The van der Waals surface area contributed by atoms with Gasteiger partial charge in [-0.05, 0) is 46.5 Å². The van der Waals surface area contributed by atoms with Gasteiger partial charge in [0, 0.05) is 55.2 Å². The number of aliphatic imine (C=N–C) groups is 2. The zero-order valence-corrected chi connectivity index (χ0v) is 34.9. The number of alkyl halides is 6. The molecular weight excluding hydrogens is 964 g/mol. The van der Waals surface area contributed by atoms with Crippen molar-refractivity contribution in [1.29, 1.82) is 0 Å². The maximum absolute atomic E-state index is 13.6. The number of hydrogen-bond donors (Lipinski definition) is 4. The smallest absolute Gasteiger partial charge is 0.323 e. The van der Waals surface area contributed by atoms with Gasteiger partial charge in [-0.3, -0.25) is 18.7 Å². The van der Waals surface area contributed by atoms with Gasteiger partial charge in [-0.2, -0.15) is 53.4 Å². The maximum Gasteiger partial charge on any atom is 0.473 e. The van der Waals surface area contributed by atoms with Gasteiger partial charge in [0.2, 0.25) is 0 Å². The van der Waals surface area contributed by atoms with Crippen molar-refractivity contribution in [3.63, 3.8) is 0 Å². The van der Waals surface area contributed by atoms with Crippen molar-refractivity contribution < 1.29 is 61.9 Å². The van der Waals surface area contributed by atoms with E-state index < -0.39 is 143 Å². The zero-order valence-electron chi connectivity index (χ0n) is 30.2. The van der Waals surface area contributed by atoms with Gasteiger partial charge in [0.1, 0.15) is 0 Å². The number of hydrazone groups is 2. The number of amides is 2. The summed E-state index contributed by atoms with van der Waals surface area (Å²) in [5.41, 5.74) is -5.74. The van der Waals surface area contributed by atoms with Gasteiger partial charge in [-0.15, -0.1) is 0 Å². The van der Waals surface area contributed by atoms with E-state index in [0.717, 1.165) is 48.5 Å². The Balaban J connectivity index is 1.56. The highest BCUT2D eigenvalue weighted by atomic mass is 35.5. The summed E-state index contributed by atoms with van der Waals surface area (Å²) < 4.78 is 150. The first kappa shape index (κ1) is 46.6. The molecule has 2 aliphatic rings. The third-order valence-electron chi connectivity index (χ3n) is 9.94. The van der Waals surface area contributed by atoms with Crippen LogP contribution in [0, 0.1) is 0 Å². The lowest BCUT2D eigenvalue weighted by atomic mass is 9.75. The fourth-order valence-electron chi connectivity index (χ4n) is 7.43. The van der Waals surface area contributed by atoms with E-state index in [1.54, 1.807) is 0 Å². The summed E-state index contributed by atoms with van der Waals surface area (Å²) >= 11 is 27.0. The van der Waals surface area contributed by atoms with Gasteiger partial charge in [-0.25, -0.2) is 9.98 Å². The normalized spacial score (nSPS) is 22.2. The van der Waals surface area contributed by atoms with Gasteiger partial charge in [-0.1, -0.05) is 94.9 Å². The molecule has 0 fully saturated rings. The van der Waals surface area contributed by atoms with E-state index in [0.29, 0.717) is 0 Å². The Morgan fingerprint density at radius 3 is 1.13 bits per heavy atom. The molecule has 0 radical (unpaired) electrons. The molecule has 326 valence electrons. The molecule has 0 spiro atoms. The Kier molecular flexibility index (Phi) is 12.0. The summed E-state index contributed by atoms with van der Waals surface area (Å²) in [7, 11) is -11.0. The molecule has 14 nitrogen and oxygen atoms in total. The number of halogens is 10. The first-order valence-electron chi connectivity index (χ1n) is 16.7. The number of carbonyl (C=O) groups is 2. The van der Waals surface area contributed by atoms with Crippen LogP contribution in [0.2, 0.25) is 20.1 Å². The van der Waals surface area contributed by atoms with E-state index in [4.69, 9.17) is 58.1 Å². The fraction of sp³-hybridized carbons (Fsp3) is 0.167. The Morgan fingerprint density at radius 2 is 0.871 bits per heavy atom. The van der Waals surface area contributed by atoms with Gasteiger partial charge < -0.3 is 11.7 Å². The molecule has 0 saturated heterocycles. The quantitative estimate of drug-likeness (QED) is 0.0667. The van der Waals surface area contributed by atoms with E-state index in [1.165, 1.54) is 24.3 Å². The minimum Gasteiger partial charge on any atom is -0.323 e. The first-order chi connectivity index (χ1) is 28.6. The van der Waals surface area contributed by atoms with Gasteiger partial charge >= 0.3 is 24.2 Å². The Bertz CT molecular complexity index is 2740. The zero-order chi connectivity index (χ0) is 46.1. The standard InChI is InChI=1S/C36H22Cl4F6N6O8S2/c37-21-9-15(10-22(38)27(21)33(61(55,56)57)13-25(51-47)29(49-31(53)35(41,42)43)17-5-1-3-7-19(17)33)16-11-23(39)28(24(40)12-16)34(62(58,59)60)14-26(52-48)30(50-32(54)36(44,45)46)18-6-2-4-8-20(18)34/h1-12H,13-14,47-48H2,(H,55,56,57)(H,58,59,60)/b49-29?,50-30?,51-25-,52-26+. The molecular formula is C36H22Cl4F6N6O8S2. The lowest BCUT2D eigenvalue weighted by molar-refractivity contribution is -0.169. The van der Waals surface area contributed by atoms with Crippen LogP contribution in [-0.2, 0) is 39.3 Å². The van der Waals surface area contributed by atoms with Crippen LogP contribution >= 0.6 is 46.4 Å². The molecule has 0 aliphatic heterocycles. The maximum atomic E-state index is 13.6. The van der Waals surface area contributed by atoms with E-state index >= 15 is 0 Å². The van der Waals surface area contributed by atoms with Crippen LogP contribution in [0.25, 0.3) is 11.1 Å². The van der Waals surface area contributed by atoms with Crippen LogP contribution in [0.15, 0.2) is 93.0 Å². The number of carbonyl (C=O) groups excluding carboxylic acids is 2. The molecule has 0 aromatic heterocycles. The van der Waals surface area contributed by atoms with Crippen molar-refractivity contribution in [3.8, 4) is 11.1 Å². The second-order valence-electron chi connectivity index (χ2n) is 13.4. The number of nitrogens with zero attached hydrogens (tertiary/aromatic N) is 4. The number of fused-ring (bicyclic) bond motifs is 2. The van der Waals surface area contributed by atoms with Crippen molar-refractivity contribution >= 4 is 101 Å². The number of benzene rings is 4. The largest absolute Gasteiger partial charge is 0.473 e. The molecule has 0 bridgehead atoms. The predicted molar refractivity (Wildman–Crippen MR) is 217 cm³/mol. The molecule has 62 heavy (non-hydrogen) atoms. The first-order valence-corrected chi connectivity index (χ1v) is 21.1. The monoisotopic (exact) mass is 984 g/mol. The highest BCUT2D eigenvalue weighted by Crippen LogP contribution is 2.54. The van der Waals surface area contributed by atoms with Crippen molar-refractivity contribution in [2.45, 2.75) is 34.7 Å². The third-order valence-corrected chi connectivity index (χ3v) is 14.0. The topological polar surface area (TPSA) is 244 Å². The van der Waals surface area contributed by atoms with Crippen molar-refractivity contribution in [2.75, 3.05) is 0 Å². The molecule has 6 rings (SSSR count). The molecule has 2 unspecified atom stereocenters. The van der Waals surface area contributed by atoms with Crippen molar-refractivity contribution in [2.24, 2.45) is 31.9 Å². The lowest BCUT2D eigenvalue weighted by Crippen LogP contribution is -2.47. The second-order valence-corrected chi connectivity index (χ2v) is 18.3. The second kappa shape index (κ2) is 16.0. The van der Waals surface area contributed by atoms with Crippen LogP contribution in [-0.4, -0.2) is 73.0 Å². The summed E-state index contributed by atoms with van der Waals surface area (Å²) in [6, 6.07) is 13.8. The van der Waals surface area contributed by atoms with Crippen LogP contribution in [0.3, 0.4) is 0 Å². The van der Waals surface area contributed by atoms with Gasteiger partial charge in [0.15, 0.2) is 9.49 Å². The Labute approximate surface area is 365 Å². The minimum absolute atomic E-state index is 0.0198. The molecule has 4 aromatic rings. The van der Waals surface area contributed by atoms with E-state index in [2.05, 4.69) is 20.2 Å². The van der Waals surface area contributed by atoms with E-state index in [9.17, 15) is 61.9 Å². The lowest BCUT2D eigenvalue weighted by Gasteiger charge is -2.39. The van der Waals surface area contributed by atoms with Crippen LogP contribution in [0.1, 0.15) is 46.2 Å². The number of nitrogens with two attached hydrogens (primary N) is 2. The number of hydrogen-bond acceptors (Lipinski definition) is 10. The van der Waals surface area contributed by atoms with Gasteiger partial charge in [0.05, 0.1) is 22.8 Å². The van der Waals surface area contributed by atoms with Crippen LogP contribution in [0.5, 0.6) is 0 Å². The summed E-state index contributed by atoms with van der Waals surface area (Å²) in [6.45, 7) is 0. The Morgan fingerprint density at radius 1 is 0.581 bits per heavy atom. The SMILES string of the molecule is N/N=C1/CC(c2c(Cl)cc(-c3cc(Cl)c(C4(S(=O)(=O)O)C/C(=N\N)C(=NC(=O)C(F)(F)F)c5ccccc54)c(Cl)c3)cc2Cl)(S(=O)(=O)O)c2ccccc2C1=NC(=O)C(F)(F)F. The van der Waals surface area contributed by atoms with Crippen LogP contribution < -0.4 is 11.7 Å². The summed E-state index contributed by atoms with van der Waals surface area (Å²) in [5, 5.41) is 4.73. The van der Waals surface area contributed by atoms with Crippen molar-refractivity contribution in [3.05, 3.63) is 126 Å².